The standard InChI is InChI=1S/C13H20N4O4/c18-12-10(16-8-1-3-19-4-2-8)9-5-20-13(21-9)11(12)17-7-14-6-15-17/h6-13,16,18H,1-5H2/t9-,10-,11-,12+,13-/m1/s1. The summed E-state index contributed by atoms with van der Waals surface area (Å²) in [5.41, 5.74) is 0. The molecule has 3 aliphatic rings. The minimum absolute atomic E-state index is 0.118. The van der Waals surface area contributed by atoms with E-state index in [4.69, 9.17) is 14.2 Å². The highest BCUT2D eigenvalue weighted by molar-refractivity contribution is 5.00. The summed E-state index contributed by atoms with van der Waals surface area (Å²) in [6, 6.07) is -0.194. The lowest BCUT2D eigenvalue weighted by molar-refractivity contribution is -0.169. The minimum atomic E-state index is -0.624. The molecule has 1 aromatic heterocycles. The van der Waals surface area contributed by atoms with Crippen molar-refractivity contribution in [2.45, 2.75) is 49.5 Å². The quantitative estimate of drug-likeness (QED) is 0.745. The van der Waals surface area contributed by atoms with Gasteiger partial charge in [-0.3, -0.25) is 0 Å². The SMILES string of the molecule is O[C@H]1[C@H](NC2CCOCC2)[C@H]2CO[C@H](O2)[C@@H]1n1cncn1. The molecule has 8 nitrogen and oxygen atoms in total. The molecule has 3 fully saturated rings. The van der Waals surface area contributed by atoms with Gasteiger partial charge in [-0.2, -0.15) is 5.10 Å². The number of fused-ring (bicyclic) bond motifs is 2. The normalized spacial score (nSPS) is 40.5. The van der Waals surface area contributed by atoms with Crippen LogP contribution in [0.25, 0.3) is 0 Å². The summed E-state index contributed by atoms with van der Waals surface area (Å²) in [5, 5.41) is 18.4. The lowest BCUT2D eigenvalue weighted by atomic mass is 9.94. The molecule has 1 aromatic rings. The molecule has 5 atom stereocenters. The van der Waals surface area contributed by atoms with Crippen LogP contribution < -0.4 is 5.32 Å². The molecule has 0 saturated carbocycles. The summed E-state index contributed by atoms with van der Waals surface area (Å²) in [4.78, 5) is 3.95. The van der Waals surface area contributed by atoms with Crippen LogP contribution in [-0.4, -0.2) is 70.3 Å². The highest BCUT2D eigenvalue weighted by atomic mass is 16.7. The van der Waals surface area contributed by atoms with Crippen LogP contribution in [0.5, 0.6) is 0 Å². The van der Waals surface area contributed by atoms with Crippen molar-refractivity contribution in [2.24, 2.45) is 0 Å². The van der Waals surface area contributed by atoms with E-state index in [-0.39, 0.29) is 18.2 Å². The van der Waals surface area contributed by atoms with Crippen LogP contribution in [0, 0.1) is 0 Å². The summed E-state index contributed by atoms with van der Waals surface area (Å²) in [5.74, 6) is 0. The number of aliphatic hydroxyl groups is 1. The average Bonchev–Trinajstić information content (AvgIpc) is 3.16. The Kier molecular flexibility index (Phi) is 3.64. The first-order valence-corrected chi connectivity index (χ1v) is 7.46. The summed E-state index contributed by atoms with van der Waals surface area (Å²) >= 11 is 0. The first kappa shape index (κ1) is 13.6. The van der Waals surface area contributed by atoms with Crippen molar-refractivity contribution >= 4 is 0 Å². The van der Waals surface area contributed by atoms with E-state index in [1.807, 2.05) is 0 Å². The van der Waals surface area contributed by atoms with Crippen molar-refractivity contribution in [3.8, 4) is 0 Å². The van der Waals surface area contributed by atoms with Gasteiger partial charge in [0.15, 0.2) is 6.29 Å². The molecule has 21 heavy (non-hydrogen) atoms. The van der Waals surface area contributed by atoms with Gasteiger partial charge >= 0.3 is 0 Å². The van der Waals surface area contributed by atoms with E-state index in [0.29, 0.717) is 12.6 Å². The molecule has 4 heterocycles. The van der Waals surface area contributed by atoms with Gasteiger partial charge in [0.05, 0.1) is 18.8 Å². The zero-order valence-corrected chi connectivity index (χ0v) is 11.7. The zero-order valence-electron chi connectivity index (χ0n) is 11.7. The molecule has 2 N–H and O–H groups in total. The maximum atomic E-state index is 10.8. The minimum Gasteiger partial charge on any atom is -0.389 e. The van der Waals surface area contributed by atoms with E-state index in [9.17, 15) is 5.11 Å². The van der Waals surface area contributed by atoms with Gasteiger partial charge in [0.1, 0.15) is 24.8 Å². The summed E-state index contributed by atoms with van der Waals surface area (Å²) in [6.07, 6.45) is 3.75. The second-order valence-electron chi connectivity index (χ2n) is 5.81. The van der Waals surface area contributed by atoms with Gasteiger partial charge in [-0.15, -0.1) is 0 Å². The van der Waals surface area contributed by atoms with Crippen LogP contribution in [-0.2, 0) is 14.2 Å². The van der Waals surface area contributed by atoms with Gasteiger partial charge < -0.3 is 24.6 Å². The van der Waals surface area contributed by atoms with Crippen molar-refractivity contribution in [3.63, 3.8) is 0 Å². The number of aromatic nitrogens is 3. The van der Waals surface area contributed by atoms with Crippen LogP contribution >= 0.6 is 0 Å². The summed E-state index contributed by atoms with van der Waals surface area (Å²) in [6.45, 7) is 2.02. The molecule has 0 radical (unpaired) electrons. The van der Waals surface area contributed by atoms with E-state index in [2.05, 4.69) is 15.4 Å². The van der Waals surface area contributed by atoms with Gasteiger partial charge in [0, 0.05) is 19.3 Å². The summed E-state index contributed by atoms with van der Waals surface area (Å²) < 4.78 is 18.6. The second-order valence-corrected chi connectivity index (χ2v) is 5.81. The molecule has 8 heteroatoms. The van der Waals surface area contributed by atoms with Crippen molar-refractivity contribution in [1.82, 2.24) is 20.1 Å². The van der Waals surface area contributed by atoms with E-state index in [1.165, 1.54) is 6.33 Å². The van der Waals surface area contributed by atoms with Gasteiger partial charge in [-0.25, -0.2) is 9.67 Å². The molecule has 3 aliphatic heterocycles. The van der Waals surface area contributed by atoms with E-state index in [1.54, 1.807) is 11.0 Å². The zero-order chi connectivity index (χ0) is 14.2. The van der Waals surface area contributed by atoms with Gasteiger partial charge in [-0.05, 0) is 12.8 Å². The van der Waals surface area contributed by atoms with Crippen molar-refractivity contribution < 1.29 is 19.3 Å². The Morgan fingerprint density at radius 2 is 2.14 bits per heavy atom. The predicted octanol–water partition coefficient (Wildman–Crippen LogP) is -0.928. The molecular formula is C13H20N4O4. The fraction of sp³-hybridized carbons (Fsp3) is 0.846. The number of ether oxygens (including phenoxy) is 3. The van der Waals surface area contributed by atoms with Gasteiger partial charge in [0.2, 0.25) is 0 Å². The molecule has 2 bridgehead atoms. The van der Waals surface area contributed by atoms with Gasteiger partial charge in [-0.1, -0.05) is 0 Å². The molecule has 116 valence electrons. The first-order valence-electron chi connectivity index (χ1n) is 7.46. The van der Waals surface area contributed by atoms with Crippen LogP contribution in [0.1, 0.15) is 18.9 Å². The lowest BCUT2D eigenvalue weighted by Crippen LogP contribution is -2.60. The molecule has 0 spiro atoms. The molecular weight excluding hydrogens is 276 g/mol. The Morgan fingerprint density at radius 3 is 2.90 bits per heavy atom. The summed E-state index contributed by atoms with van der Waals surface area (Å²) in [7, 11) is 0. The van der Waals surface area contributed by atoms with Crippen LogP contribution in [0.15, 0.2) is 12.7 Å². The highest BCUT2D eigenvalue weighted by Crippen LogP contribution is 2.35. The number of hydrogen-bond acceptors (Lipinski definition) is 7. The van der Waals surface area contributed by atoms with Gasteiger partial charge in [0.25, 0.3) is 0 Å². The number of hydrogen-bond donors (Lipinski definition) is 2. The van der Waals surface area contributed by atoms with E-state index in [0.717, 1.165) is 26.1 Å². The molecule has 0 unspecified atom stereocenters. The molecule has 0 amide bonds. The third kappa shape index (κ3) is 2.47. The van der Waals surface area contributed by atoms with Crippen molar-refractivity contribution in [1.29, 1.82) is 0 Å². The maximum Gasteiger partial charge on any atom is 0.183 e. The monoisotopic (exact) mass is 296 g/mol. The maximum absolute atomic E-state index is 10.8. The topological polar surface area (TPSA) is 90.7 Å². The Morgan fingerprint density at radius 1 is 1.29 bits per heavy atom. The molecule has 0 aromatic carbocycles. The van der Waals surface area contributed by atoms with Crippen molar-refractivity contribution in [2.75, 3.05) is 19.8 Å². The van der Waals surface area contributed by atoms with E-state index < -0.39 is 12.4 Å². The lowest BCUT2D eigenvalue weighted by Gasteiger charge is -2.40. The number of rotatable bonds is 3. The van der Waals surface area contributed by atoms with Crippen molar-refractivity contribution in [3.05, 3.63) is 12.7 Å². The smallest absolute Gasteiger partial charge is 0.183 e. The fourth-order valence-corrected chi connectivity index (χ4v) is 3.40. The number of aliphatic hydroxyl groups excluding tert-OH is 1. The molecule has 0 aliphatic carbocycles. The van der Waals surface area contributed by atoms with Crippen LogP contribution in [0.4, 0.5) is 0 Å². The van der Waals surface area contributed by atoms with Crippen LogP contribution in [0.2, 0.25) is 0 Å². The fourth-order valence-electron chi connectivity index (χ4n) is 3.40. The molecule has 4 rings (SSSR count). The second kappa shape index (κ2) is 5.62. The third-order valence-corrected chi connectivity index (χ3v) is 4.52. The Balaban J connectivity index is 1.52. The largest absolute Gasteiger partial charge is 0.389 e. The number of nitrogens with one attached hydrogen (secondary N) is 1. The Hall–Kier alpha value is -1.06. The third-order valence-electron chi connectivity index (χ3n) is 4.52. The van der Waals surface area contributed by atoms with E-state index >= 15 is 0 Å². The van der Waals surface area contributed by atoms with Crippen LogP contribution in [0.3, 0.4) is 0 Å². The number of nitrogens with zero attached hydrogens (tertiary/aromatic N) is 3. The Labute approximate surface area is 122 Å². The Bertz CT molecular complexity index is 465. The molecule has 3 saturated heterocycles. The first-order chi connectivity index (χ1) is 10.3. The highest BCUT2D eigenvalue weighted by Gasteiger charge is 2.51. The predicted molar refractivity (Wildman–Crippen MR) is 70.4 cm³/mol. The average molecular weight is 296 g/mol.